The maximum atomic E-state index is 12.6. The van der Waals surface area contributed by atoms with Crippen LogP contribution in [0.3, 0.4) is 0 Å². The highest BCUT2D eigenvalue weighted by molar-refractivity contribution is 6.05. The molecule has 1 amide bonds. The number of benzene rings is 3. The van der Waals surface area contributed by atoms with E-state index in [0.717, 1.165) is 5.56 Å². The first kappa shape index (κ1) is 20.9. The van der Waals surface area contributed by atoms with E-state index in [4.69, 9.17) is 14.2 Å². The molecule has 1 heterocycles. The smallest absolute Gasteiger partial charge is 0.255 e. The normalized spacial score (nSPS) is 10.3. The summed E-state index contributed by atoms with van der Waals surface area (Å²) in [6.45, 7) is 0. The van der Waals surface area contributed by atoms with Crippen LogP contribution in [0, 0.1) is 0 Å². The lowest BCUT2D eigenvalue weighted by Gasteiger charge is -2.10. The van der Waals surface area contributed by atoms with Gasteiger partial charge in [0.1, 0.15) is 5.75 Å². The van der Waals surface area contributed by atoms with Crippen LogP contribution in [0.25, 0.3) is 11.3 Å². The number of anilines is 1. The lowest BCUT2D eigenvalue weighted by molar-refractivity contribution is 0.102. The Bertz CT molecular complexity index is 1210. The van der Waals surface area contributed by atoms with Crippen molar-refractivity contribution in [3.05, 3.63) is 90.5 Å². The van der Waals surface area contributed by atoms with Crippen molar-refractivity contribution >= 4 is 11.6 Å². The molecule has 3 aromatic carbocycles. The zero-order chi connectivity index (χ0) is 22.3. The molecular formula is C25H21N3O4. The van der Waals surface area contributed by atoms with Gasteiger partial charge in [-0.1, -0.05) is 36.4 Å². The second-order valence-corrected chi connectivity index (χ2v) is 6.74. The minimum Gasteiger partial charge on any atom is -0.495 e. The van der Waals surface area contributed by atoms with E-state index in [1.165, 1.54) is 0 Å². The number of para-hydroxylation sites is 4. The largest absolute Gasteiger partial charge is 0.495 e. The lowest BCUT2D eigenvalue weighted by atomic mass is 10.1. The van der Waals surface area contributed by atoms with Gasteiger partial charge in [0, 0.05) is 17.2 Å². The summed E-state index contributed by atoms with van der Waals surface area (Å²) in [6.07, 6.45) is 0. The maximum absolute atomic E-state index is 12.6. The molecule has 1 aromatic heterocycles. The Morgan fingerprint density at radius 3 is 2.03 bits per heavy atom. The molecule has 4 aromatic rings. The summed E-state index contributed by atoms with van der Waals surface area (Å²) in [5.74, 6) is 1.89. The monoisotopic (exact) mass is 427 g/mol. The Hall–Kier alpha value is -4.39. The molecule has 0 aliphatic heterocycles. The predicted molar refractivity (Wildman–Crippen MR) is 121 cm³/mol. The minimum atomic E-state index is -0.229. The summed E-state index contributed by atoms with van der Waals surface area (Å²) in [7, 11) is 3.14. The Kier molecular flexibility index (Phi) is 6.27. The molecule has 0 saturated carbocycles. The molecule has 0 bridgehead atoms. The van der Waals surface area contributed by atoms with Crippen molar-refractivity contribution in [1.82, 2.24) is 10.2 Å². The molecule has 7 nitrogen and oxygen atoms in total. The van der Waals surface area contributed by atoms with E-state index in [0.29, 0.717) is 40.1 Å². The van der Waals surface area contributed by atoms with Crippen LogP contribution in [0.2, 0.25) is 0 Å². The molecule has 0 radical (unpaired) electrons. The van der Waals surface area contributed by atoms with E-state index in [9.17, 15) is 4.79 Å². The van der Waals surface area contributed by atoms with Gasteiger partial charge in [-0.25, -0.2) is 0 Å². The van der Waals surface area contributed by atoms with Gasteiger partial charge in [0.2, 0.25) is 5.88 Å². The van der Waals surface area contributed by atoms with Gasteiger partial charge in [-0.3, -0.25) is 4.79 Å². The number of nitrogens with one attached hydrogen (secondary N) is 1. The van der Waals surface area contributed by atoms with Gasteiger partial charge in [0.25, 0.3) is 5.91 Å². The van der Waals surface area contributed by atoms with Gasteiger partial charge >= 0.3 is 0 Å². The third kappa shape index (κ3) is 4.67. The van der Waals surface area contributed by atoms with Crippen LogP contribution in [-0.4, -0.2) is 30.3 Å². The third-order valence-corrected chi connectivity index (χ3v) is 4.72. The molecule has 0 aliphatic carbocycles. The number of carbonyl (C=O) groups excluding carboxylic acids is 1. The highest BCUT2D eigenvalue weighted by Gasteiger charge is 2.11. The summed E-state index contributed by atoms with van der Waals surface area (Å²) >= 11 is 0. The van der Waals surface area contributed by atoms with E-state index in [1.807, 2.05) is 48.5 Å². The predicted octanol–water partition coefficient (Wildman–Crippen LogP) is 5.21. The fraction of sp³-hybridized carbons (Fsp3) is 0.0800. The summed E-state index contributed by atoms with van der Waals surface area (Å²) in [5.41, 5.74) is 2.62. The van der Waals surface area contributed by atoms with Crippen molar-refractivity contribution < 1.29 is 19.0 Å². The molecular weight excluding hydrogens is 406 g/mol. The average Bonchev–Trinajstić information content (AvgIpc) is 2.85. The number of rotatable bonds is 7. The van der Waals surface area contributed by atoms with Crippen LogP contribution in [-0.2, 0) is 0 Å². The van der Waals surface area contributed by atoms with Crippen molar-refractivity contribution in [2.75, 3.05) is 19.5 Å². The van der Waals surface area contributed by atoms with Gasteiger partial charge < -0.3 is 19.5 Å². The molecule has 0 saturated heterocycles. The van der Waals surface area contributed by atoms with Crippen LogP contribution in [0.1, 0.15) is 10.4 Å². The van der Waals surface area contributed by atoms with E-state index < -0.39 is 0 Å². The first-order chi connectivity index (χ1) is 15.7. The lowest BCUT2D eigenvalue weighted by Crippen LogP contribution is -2.12. The van der Waals surface area contributed by atoms with Gasteiger partial charge in [-0.05, 0) is 42.5 Å². The number of amides is 1. The van der Waals surface area contributed by atoms with Gasteiger partial charge in [0.05, 0.1) is 25.6 Å². The van der Waals surface area contributed by atoms with Crippen molar-refractivity contribution in [1.29, 1.82) is 0 Å². The number of hydrogen-bond acceptors (Lipinski definition) is 6. The van der Waals surface area contributed by atoms with E-state index in [-0.39, 0.29) is 5.91 Å². The molecule has 0 spiro atoms. The summed E-state index contributed by atoms with van der Waals surface area (Å²) in [5, 5.41) is 11.2. The topological polar surface area (TPSA) is 82.6 Å². The summed E-state index contributed by atoms with van der Waals surface area (Å²) < 4.78 is 16.3. The first-order valence-electron chi connectivity index (χ1n) is 9.87. The molecule has 0 unspecified atom stereocenters. The maximum Gasteiger partial charge on any atom is 0.255 e. The number of ether oxygens (including phenoxy) is 3. The molecule has 32 heavy (non-hydrogen) atoms. The zero-order valence-corrected chi connectivity index (χ0v) is 17.6. The minimum absolute atomic E-state index is 0.229. The molecule has 0 fully saturated rings. The second-order valence-electron chi connectivity index (χ2n) is 6.74. The number of carbonyl (C=O) groups is 1. The van der Waals surface area contributed by atoms with E-state index >= 15 is 0 Å². The molecule has 0 aliphatic rings. The van der Waals surface area contributed by atoms with Crippen LogP contribution in [0.5, 0.6) is 23.1 Å². The molecule has 0 atom stereocenters. The fourth-order valence-corrected chi connectivity index (χ4v) is 3.08. The zero-order valence-electron chi connectivity index (χ0n) is 17.6. The van der Waals surface area contributed by atoms with Gasteiger partial charge in [-0.15, -0.1) is 10.2 Å². The summed E-state index contributed by atoms with van der Waals surface area (Å²) in [6, 6.07) is 25.2. The van der Waals surface area contributed by atoms with Crippen molar-refractivity contribution in [2.24, 2.45) is 0 Å². The van der Waals surface area contributed by atoms with Crippen LogP contribution in [0.4, 0.5) is 5.69 Å². The van der Waals surface area contributed by atoms with Crippen molar-refractivity contribution in [3.8, 4) is 34.4 Å². The second kappa shape index (κ2) is 9.61. The fourth-order valence-electron chi connectivity index (χ4n) is 3.08. The number of aromatic nitrogens is 2. The average molecular weight is 427 g/mol. The van der Waals surface area contributed by atoms with E-state index in [2.05, 4.69) is 15.5 Å². The molecule has 7 heteroatoms. The molecule has 160 valence electrons. The van der Waals surface area contributed by atoms with Crippen LogP contribution >= 0.6 is 0 Å². The summed E-state index contributed by atoms with van der Waals surface area (Å²) in [4.78, 5) is 12.6. The standard InChI is InChI=1S/C25H21N3O4/c1-30-21-8-4-3-7-20(21)26-25(29)18-13-11-17(12-14-18)19-15-16-24(28-27-19)32-23-10-6-5-9-22(23)31-2/h3-16H,1-2H3,(H,26,29). The number of hydrogen-bond donors (Lipinski definition) is 1. The Morgan fingerprint density at radius 2 is 1.38 bits per heavy atom. The van der Waals surface area contributed by atoms with Crippen molar-refractivity contribution in [2.45, 2.75) is 0 Å². The quantitative estimate of drug-likeness (QED) is 0.436. The Balaban J connectivity index is 1.45. The van der Waals surface area contributed by atoms with Crippen molar-refractivity contribution in [3.63, 3.8) is 0 Å². The Morgan fingerprint density at radius 1 is 0.719 bits per heavy atom. The third-order valence-electron chi connectivity index (χ3n) is 4.72. The molecule has 1 N–H and O–H groups in total. The van der Waals surface area contributed by atoms with Crippen LogP contribution in [0.15, 0.2) is 84.9 Å². The Labute approximate surface area is 185 Å². The highest BCUT2D eigenvalue weighted by Crippen LogP contribution is 2.30. The SMILES string of the molecule is COc1ccccc1NC(=O)c1ccc(-c2ccc(Oc3ccccc3OC)nn2)cc1. The first-order valence-corrected chi connectivity index (χ1v) is 9.87. The van der Waals surface area contributed by atoms with Gasteiger partial charge in [-0.2, -0.15) is 0 Å². The number of methoxy groups -OCH3 is 2. The van der Waals surface area contributed by atoms with Gasteiger partial charge in [0.15, 0.2) is 11.5 Å². The van der Waals surface area contributed by atoms with Crippen LogP contribution < -0.4 is 19.5 Å². The number of nitrogens with zero attached hydrogens (tertiary/aromatic N) is 2. The highest BCUT2D eigenvalue weighted by atomic mass is 16.5. The molecule has 4 rings (SSSR count). The van der Waals surface area contributed by atoms with E-state index in [1.54, 1.807) is 50.6 Å².